The maximum atomic E-state index is 11.0. The minimum Gasteiger partial charge on any atom is -0.367 e. The lowest BCUT2D eigenvalue weighted by atomic mass is 10.1. The first-order valence-corrected chi connectivity index (χ1v) is 11.9. The predicted octanol–water partition coefficient (Wildman–Crippen LogP) is 3.54. The van der Waals surface area contributed by atoms with E-state index in [2.05, 4.69) is 59.8 Å². The number of benzene rings is 1. The summed E-state index contributed by atoms with van der Waals surface area (Å²) in [6, 6.07) is 8.72. The van der Waals surface area contributed by atoms with Gasteiger partial charge in [0.25, 0.3) is 0 Å². The Hall–Kier alpha value is -3.20. The van der Waals surface area contributed by atoms with E-state index in [-0.39, 0.29) is 5.91 Å². The summed E-state index contributed by atoms with van der Waals surface area (Å²) in [6.07, 6.45) is 2.93. The van der Waals surface area contributed by atoms with E-state index in [1.165, 1.54) is 16.1 Å². The topological polar surface area (TPSA) is 87.5 Å². The van der Waals surface area contributed by atoms with Crippen molar-refractivity contribution < 1.29 is 4.79 Å². The van der Waals surface area contributed by atoms with Gasteiger partial charge in [0.1, 0.15) is 5.82 Å². The summed E-state index contributed by atoms with van der Waals surface area (Å²) in [5.41, 5.74) is 5.30. The molecule has 0 aliphatic carbocycles. The standard InChI is InChI=1S/C23H27N7OS/c1-15-27-28-23-22(25-10-4-3-9-24-16(2)31)26-19-13-18(5-6-20(19)30(15)23)29-11-7-21-17(14-29)8-12-32-21/h5-6,8,12-13H,3-4,7,9-11,14H2,1-2H3,(H,24,31)(H,25,26). The molecule has 1 aromatic carbocycles. The van der Waals surface area contributed by atoms with E-state index in [1.54, 1.807) is 6.92 Å². The van der Waals surface area contributed by atoms with Crippen LogP contribution in [-0.4, -0.2) is 45.1 Å². The minimum absolute atomic E-state index is 0.00882. The molecule has 9 heteroatoms. The van der Waals surface area contributed by atoms with Crippen LogP contribution in [0.25, 0.3) is 16.7 Å². The van der Waals surface area contributed by atoms with Crippen molar-refractivity contribution in [2.24, 2.45) is 0 Å². The number of nitrogens with one attached hydrogen (secondary N) is 2. The SMILES string of the molecule is CC(=O)NCCCCNc1nc2cc(N3CCc4sccc4C3)ccc2n2c(C)nnc12. The molecule has 0 unspecified atom stereocenters. The van der Waals surface area contributed by atoms with Crippen LogP contribution in [0.2, 0.25) is 0 Å². The van der Waals surface area contributed by atoms with Crippen molar-refractivity contribution in [2.75, 3.05) is 29.9 Å². The average molecular weight is 450 g/mol. The number of unbranched alkanes of at least 4 members (excludes halogenated alkanes) is 1. The molecule has 4 heterocycles. The fourth-order valence-corrected chi connectivity index (χ4v) is 5.16. The molecule has 1 aliphatic heterocycles. The number of carbonyl (C=O) groups is 1. The second kappa shape index (κ2) is 8.74. The van der Waals surface area contributed by atoms with Gasteiger partial charge in [-0.25, -0.2) is 4.98 Å². The lowest BCUT2D eigenvalue weighted by Crippen LogP contribution is -2.29. The first-order valence-electron chi connectivity index (χ1n) is 11.0. The van der Waals surface area contributed by atoms with Crippen LogP contribution < -0.4 is 15.5 Å². The molecule has 0 bridgehead atoms. The lowest BCUT2D eigenvalue weighted by molar-refractivity contribution is -0.118. The molecule has 0 saturated carbocycles. The Kier molecular flexibility index (Phi) is 5.65. The number of amides is 1. The van der Waals surface area contributed by atoms with Crippen LogP contribution in [0.3, 0.4) is 0 Å². The average Bonchev–Trinajstić information content (AvgIpc) is 3.42. The molecule has 0 radical (unpaired) electrons. The van der Waals surface area contributed by atoms with E-state index in [1.807, 2.05) is 18.3 Å². The van der Waals surface area contributed by atoms with Crippen LogP contribution in [0.4, 0.5) is 11.5 Å². The zero-order chi connectivity index (χ0) is 22.1. The number of fused-ring (bicyclic) bond motifs is 4. The summed E-state index contributed by atoms with van der Waals surface area (Å²) in [5, 5.41) is 17.1. The van der Waals surface area contributed by atoms with Crippen LogP contribution in [0.1, 0.15) is 36.0 Å². The third kappa shape index (κ3) is 4.00. The van der Waals surface area contributed by atoms with Gasteiger partial charge in [-0.05, 0) is 61.4 Å². The van der Waals surface area contributed by atoms with Gasteiger partial charge in [0.2, 0.25) is 11.6 Å². The first-order chi connectivity index (χ1) is 15.6. The summed E-state index contributed by atoms with van der Waals surface area (Å²) >= 11 is 1.86. The van der Waals surface area contributed by atoms with Crippen LogP contribution in [0, 0.1) is 6.92 Å². The molecule has 3 aromatic heterocycles. The maximum absolute atomic E-state index is 11.0. The van der Waals surface area contributed by atoms with Crippen molar-refractivity contribution in [3.05, 3.63) is 45.9 Å². The predicted molar refractivity (Wildman–Crippen MR) is 129 cm³/mol. The number of nitrogens with zero attached hydrogens (tertiary/aromatic N) is 5. The molecule has 1 amide bonds. The lowest BCUT2D eigenvalue weighted by Gasteiger charge is -2.29. The van der Waals surface area contributed by atoms with Crippen molar-refractivity contribution in [2.45, 2.75) is 39.7 Å². The Labute approximate surface area is 190 Å². The Bertz CT molecular complexity index is 1280. The highest BCUT2D eigenvalue weighted by Crippen LogP contribution is 2.30. The van der Waals surface area contributed by atoms with Crippen molar-refractivity contribution in [1.29, 1.82) is 0 Å². The highest BCUT2D eigenvalue weighted by Gasteiger charge is 2.19. The quantitative estimate of drug-likeness (QED) is 0.420. The molecule has 0 spiro atoms. The Balaban J connectivity index is 1.40. The van der Waals surface area contributed by atoms with E-state index in [0.29, 0.717) is 6.54 Å². The van der Waals surface area contributed by atoms with Gasteiger partial charge in [-0.1, -0.05) is 0 Å². The molecule has 4 aromatic rings. The van der Waals surface area contributed by atoms with Crippen LogP contribution in [0.15, 0.2) is 29.6 Å². The van der Waals surface area contributed by atoms with Crippen molar-refractivity contribution in [1.82, 2.24) is 24.9 Å². The zero-order valence-corrected chi connectivity index (χ0v) is 19.2. The summed E-state index contributed by atoms with van der Waals surface area (Å²) in [4.78, 5) is 19.9. The normalized spacial score (nSPS) is 13.5. The highest BCUT2D eigenvalue weighted by molar-refractivity contribution is 7.10. The van der Waals surface area contributed by atoms with Gasteiger partial charge < -0.3 is 15.5 Å². The smallest absolute Gasteiger partial charge is 0.216 e. The molecule has 32 heavy (non-hydrogen) atoms. The second-order valence-electron chi connectivity index (χ2n) is 8.20. The number of hydrogen-bond acceptors (Lipinski definition) is 7. The van der Waals surface area contributed by atoms with Gasteiger partial charge in [-0.2, -0.15) is 0 Å². The third-order valence-corrected chi connectivity index (χ3v) is 6.93. The number of rotatable bonds is 7. The van der Waals surface area contributed by atoms with Gasteiger partial charge in [0, 0.05) is 43.7 Å². The van der Waals surface area contributed by atoms with E-state index >= 15 is 0 Å². The number of thiophene rings is 1. The molecule has 2 N–H and O–H groups in total. The van der Waals surface area contributed by atoms with E-state index < -0.39 is 0 Å². The van der Waals surface area contributed by atoms with Gasteiger partial charge in [-0.3, -0.25) is 9.20 Å². The highest BCUT2D eigenvalue weighted by atomic mass is 32.1. The fraction of sp³-hybridized carbons (Fsp3) is 0.391. The summed E-state index contributed by atoms with van der Waals surface area (Å²) < 4.78 is 2.07. The Morgan fingerprint density at radius 1 is 1.19 bits per heavy atom. The second-order valence-corrected chi connectivity index (χ2v) is 9.20. The maximum Gasteiger partial charge on any atom is 0.216 e. The molecule has 8 nitrogen and oxygen atoms in total. The number of aromatic nitrogens is 4. The summed E-state index contributed by atoms with van der Waals surface area (Å²) in [7, 11) is 0. The van der Waals surface area contributed by atoms with Gasteiger partial charge in [0.05, 0.1) is 11.0 Å². The minimum atomic E-state index is 0.00882. The van der Waals surface area contributed by atoms with Gasteiger partial charge in [-0.15, -0.1) is 21.5 Å². The molecule has 166 valence electrons. The summed E-state index contributed by atoms with van der Waals surface area (Å²) in [5.74, 6) is 1.60. The zero-order valence-electron chi connectivity index (χ0n) is 18.4. The van der Waals surface area contributed by atoms with Crippen LogP contribution in [-0.2, 0) is 17.8 Å². The Morgan fingerprint density at radius 2 is 2.06 bits per heavy atom. The molecule has 0 saturated heterocycles. The van der Waals surface area contributed by atoms with Crippen molar-refractivity contribution >= 4 is 45.4 Å². The van der Waals surface area contributed by atoms with Crippen LogP contribution in [0.5, 0.6) is 0 Å². The molecular formula is C23H27N7OS. The third-order valence-electron chi connectivity index (χ3n) is 5.91. The number of hydrogen-bond donors (Lipinski definition) is 2. The fourth-order valence-electron chi connectivity index (χ4n) is 4.27. The first kappa shape index (κ1) is 20.7. The van der Waals surface area contributed by atoms with Gasteiger partial charge in [0.15, 0.2) is 5.82 Å². The Morgan fingerprint density at radius 3 is 2.94 bits per heavy atom. The molecule has 1 aliphatic rings. The molecule has 0 atom stereocenters. The summed E-state index contributed by atoms with van der Waals surface area (Å²) in [6.45, 7) is 6.91. The van der Waals surface area contributed by atoms with E-state index in [9.17, 15) is 4.79 Å². The van der Waals surface area contributed by atoms with Crippen LogP contribution >= 0.6 is 11.3 Å². The molecule has 0 fully saturated rings. The van der Waals surface area contributed by atoms with Crippen molar-refractivity contribution in [3.63, 3.8) is 0 Å². The largest absolute Gasteiger partial charge is 0.367 e. The van der Waals surface area contributed by atoms with Crippen molar-refractivity contribution in [3.8, 4) is 0 Å². The van der Waals surface area contributed by atoms with E-state index in [4.69, 9.17) is 4.98 Å². The van der Waals surface area contributed by atoms with E-state index in [0.717, 1.165) is 67.2 Å². The number of anilines is 2. The van der Waals surface area contributed by atoms with Gasteiger partial charge >= 0.3 is 0 Å². The molecular weight excluding hydrogens is 422 g/mol. The monoisotopic (exact) mass is 449 g/mol. The molecule has 5 rings (SSSR count). The number of carbonyl (C=O) groups excluding carboxylic acids is 1. The number of aryl methyl sites for hydroxylation is 1.